The smallest absolute Gasteiger partial charge is 0.0420 e. The van der Waals surface area contributed by atoms with E-state index in [1.54, 1.807) is 0 Å². The minimum Gasteiger partial charge on any atom is -0.140 e. The van der Waals surface area contributed by atoms with Crippen LogP contribution in [0.2, 0.25) is 5.02 Å². The van der Waals surface area contributed by atoms with Crippen molar-refractivity contribution in [2.45, 2.75) is 13.8 Å². The van der Waals surface area contributed by atoms with Crippen molar-refractivity contribution in [1.82, 2.24) is 0 Å². The van der Waals surface area contributed by atoms with E-state index in [0.717, 1.165) is 5.02 Å². The number of aryl methyl sites for hydroxylation is 2. The van der Waals surface area contributed by atoms with Crippen LogP contribution in [0.4, 0.5) is 0 Å². The van der Waals surface area contributed by atoms with Gasteiger partial charge in [0.25, 0.3) is 0 Å². The van der Waals surface area contributed by atoms with Crippen LogP contribution < -0.4 is 0 Å². The molecule has 0 saturated heterocycles. The van der Waals surface area contributed by atoms with Crippen molar-refractivity contribution in [3.05, 3.63) is 33.7 Å². The fraction of sp³-hybridized carbons (Fsp3) is 0.200. The normalized spacial score (nSPS) is 10.9. The van der Waals surface area contributed by atoms with Crippen LogP contribution in [-0.4, -0.2) is 0 Å². The molecule has 12 heavy (non-hydrogen) atoms. The number of fused-ring (bicyclic) bond motifs is 1. The summed E-state index contributed by atoms with van der Waals surface area (Å²) >= 11 is 7.70. The van der Waals surface area contributed by atoms with Crippen LogP contribution in [-0.2, 0) is 0 Å². The molecule has 2 rings (SSSR count). The Hall–Kier alpha value is -0.530. The summed E-state index contributed by atoms with van der Waals surface area (Å²) in [5.74, 6) is 0. The Morgan fingerprint density at radius 1 is 1.25 bits per heavy atom. The van der Waals surface area contributed by atoms with Crippen LogP contribution in [0.25, 0.3) is 10.1 Å². The Balaban J connectivity index is 2.87. The summed E-state index contributed by atoms with van der Waals surface area (Å²) < 4.78 is 1.29. The molecule has 0 fully saturated rings. The molecule has 0 spiro atoms. The van der Waals surface area contributed by atoms with Gasteiger partial charge in [0.1, 0.15) is 0 Å². The van der Waals surface area contributed by atoms with E-state index in [2.05, 4.69) is 19.9 Å². The van der Waals surface area contributed by atoms with Gasteiger partial charge in [-0.05, 0) is 36.9 Å². The Morgan fingerprint density at radius 3 is 2.75 bits per heavy atom. The number of benzene rings is 1. The zero-order chi connectivity index (χ0) is 8.72. The highest BCUT2D eigenvalue weighted by molar-refractivity contribution is 7.19. The molecule has 0 aliphatic rings. The maximum atomic E-state index is 5.89. The van der Waals surface area contributed by atoms with Gasteiger partial charge in [0.2, 0.25) is 0 Å². The monoisotopic (exact) mass is 196 g/mol. The number of rotatable bonds is 0. The second kappa shape index (κ2) is 2.75. The van der Waals surface area contributed by atoms with Gasteiger partial charge in [-0.1, -0.05) is 17.7 Å². The lowest BCUT2D eigenvalue weighted by Crippen LogP contribution is -1.69. The molecule has 0 atom stereocenters. The quantitative estimate of drug-likeness (QED) is 0.593. The van der Waals surface area contributed by atoms with Crippen molar-refractivity contribution in [3.8, 4) is 0 Å². The van der Waals surface area contributed by atoms with E-state index in [1.165, 1.54) is 20.5 Å². The maximum Gasteiger partial charge on any atom is 0.0420 e. The molecule has 0 N–H and O–H groups in total. The highest BCUT2D eigenvalue weighted by Crippen LogP contribution is 2.31. The molecule has 1 aromatic carbocycles. The van der Waals surface area contributed by atoms with Gasteiger partial charge >= 0.3 is 0 Å². The lowest BCUT2D eigenvalue weighted by Gasteiger charge is -1.91. The molecule has 0 bridgehead atoms. The summed E-state index contributed by atoms with van der Waals surface area (Å²) in [5, 5.41) is 2.16. The molecule has 0 amide bonds. The largest absolute Gasteiger partial charge is 0.140 e. The van der Waals surface area contributed by atoms with E-state index in [1.807, 2.05) is 23.5 Å². The fourth-order valence-corrected chi connectivity index (χ4v) is 2.67. The summed E-state index contributed by atoms with van der Waals surface area (Å²) in [6.07, 6.45) is 0. The minimum absolute atomic E-state index is 0.823. The second-order valence-corrected chi connectivity index (χ2v) is 4.62. The van der Waals surface area contributed by atoms with E-state index in [9.17, 15) is 0 Å². The molecule has 0 nitrogen and oxygen atoms in total. The first-order valence-electron chi connectivity index (χ1n) is 3.84. The van der Waals surface area contributed by atoms with Gasteiger partial charge in [-0.25, -0.2) is 0 Å². The Kier molecular flexibility index (Phi) is 1.85. The number of thiophene rings is 1. The number of halogens is 1. The van der Waals surface area contributed by atoms with Gasteiger partial charge in [0.05, 0.1) is 0 Å². The summed E-state index contributed by atoms with van der Waals surface area (Å²) in [6, 6.07) is 6.07. The van der Waals surface area contributed by atoms with Crippen LogP contribution in [0.15, 0.2) is 18.2 Å². The van der Waals surface area contributed by atoms with Gasteiger partial charge in [0, 0.05) is 14.6 Å². The standard InChI is InChI=1S/C10H9ClS/c1-6-7(2)12-10-5-8(11)3-4-9(6)10/h3-5H,1-2H3. The van der Waals surface area contributed by atoms with Crippen molar-refractivity contribution >= 4 is 33.0 Å². The molecular formula is C10H9ClS. The van der Waals surface area contributed by atoms with E-state index in [0.29, 0.717) is 0 Å². The third-order valence-electron chi connectivity index (χ3n) is 2.14. The Labute approximate surface area is 80.8 Å². The predicted octanol–water partition coefficient (Wildman–Crippen LogP) is 4.17. The third kappa shape index (κ3) is 1.13. The molecular weight excluding hydrogens is 188 g/mol. The summed E-state index contributed by atoms with van der Waals surface area (Å²) in [6.45, 7) is 4.30. The Bertz CT molecular complexity index is 429. The molecule has 0 unspecified atom stereocenters. The Morgan fingerprint density at radius 2 is 2.00 bits per heavy atom. The lowest BCUT2D eigenvalue weighted by atomic mass is 10.2. The first-order chi connectivity index (χ1) is 5.68. The minimum atomic E-state index is 0.823. The van der Waals surface area contributed by atoms with Crippen molar-refractivity contribution in [1.29, 1.82) is 0 Å². The van der Waals surface area contributed by atoms with Crippen LogP contribution in [0.5, 0.6) is 0 Å². The first-order valence-corrected chi connectivity index (χ1v) is 5.03. The summed E-state index contributed by atoms with van der Waals surface area (Å²) in [7, 11) is 0. The van der Waals surface area contributed by atoms with Crippen LogP contribution in [0, 0.1) is 13.8 Å². The van der Waals surface area contributed by atoms with Crippen molar-refractivity contribution in [3.63, 3.8) is 0 Å². The van der Waals surface area contributed by atoms with Crippen molar-refractivity contribution < 1.29 is 0 Å². The van der Waals surface area contributed by atoms with Gasteiger partial charge in [-0.2, -0.15) is 0 Å². The fourth-order valence-electron chi connectivity index (χ4n) is 1.32. The molecule has 0 aliphatic carbocycles. The van der Waals surface area contributed by atoms with E-state index in [4.69, 9.17) is 11.6 Å². The SMILES string of the molecule is Cc1sc2cc(Cl)ccc2c1C. The second-order valence-electron chi connectivity index (χ2n) is 2.92. The predicted molar refractivity (Wildman–Crippen MR) is 56.3 cm³/mol. The van der Waals surface area contributed by atoms with Crippen molar-refractivity contribution in [2.75, 3.05) is 0 Å². The zero-order valence-electron chi connectivity index (χ0n) is 7.02. The summed E-state index contributed by atoms with van der Waals surface area (Å²) in [5.41, 5.74) is 1.38. The molecule has 1 heterocycles. The lowest BCUT2D eigenvalue weighted by molar-refractivity contribution is 1.47. The van der Waals surface area contributed by atoms with Gasteiger partial charge in [-0.15, -0.1) is 11.3 Å². The summed E-state index contributed by atoms with van der Waals surface area (Å²) in [4.78, 5) is 1.38. The molecule has 0 radical (unpaired) electrons. The van der Waals surface area contributed by atoms with Crippen LogP contribution in [0.1, 0.15) is 10.4 Å². The van der Waals surface area contributed by atoms with E-state index in [-0.39, 0.29) is 0 Å². The third-order valence-corrected chi connectivity index (χ3v) is 3.54. The first kappa shape index (κ1) is 8.09. The van der Waals surface area contributed by atoms with E-state index >= 15 is 0 Å². The van der Waals surface area contributed by atoms with Gasteiger partial charge in [-0.3, -0.25) is 0 Å². The molecule has 2 aromatic rings. The van der Waals surface area contributed by atoms with Crippen LogP contribution in [0.3, 0.4) is 0 Å². The highest BCUT2D eigenvalue weighted by Gasteiger charge is 2.03. The zero-order valence-corrected chi connectivity index (χ0v) is 8.59. The van der Waals surface area contributed by atoms with Gasteiger partial charge < -0.3 is 0 Å². The molecule has 2 heteroatoms. The van der Waals surface area contributed by atoms with Crippen LogP contribution >= 0.6 is 22.9 Å². The molecule has 1 aromatic heterocycles. The average molecular weight is 197 g/mol. The van der Waals surface area contributed by atoms with Gasteiger partial charge in [0.15, 0.2) is 0 Å². The molecule has 62 valence electrons. The maximum absolute atomic E-state index is 5.89. The molecule has 0 aliphatic heterocycles. The number of hydrogen-bond donors (Lipinski definition) is 0. The number of hydrogen-bond acceptors (Lipinski definition) is 1. The van der Waals surface area contributed by atoms with E-state index < -0.39 is 0 Å². The topological polar surface area (TPSA) is 0 Å². The molecule has 0 saturated carbocycles. The highest BCUT2D eigenvalue weighted by atomic mass is 35.5. The average Bonchev–Trinajstić information content (AvgIpc) is 2.28. The van der Waals surface area contributed by atoms with Crippen molar-refractivity contribution in [2.24, 2.45) is 0 Å².